The number of likely N-dealkylation sites (tertiary alicyclic amines) is 1. The Balaban J connectivity index is 1.44. The van der Waals surface area contributed by atoms with Gasteiger partial charge in [-0.1, -0.05) is 18.2 Å². The molecule has 0 radical (unpaired) electrons. The molecule has 0 saturated carbocycles. The second kappa shape index (κ2) is 8.96. The summed E-state index contributed by atoms with van der Waals surface area (Å²) in [5.41, 5.74) is 7.29. The van der Waals surface area contributed by atoms with Gasteiger partial charge in [-0.15, -0.1) is 11.3 Å². The predicted octanol–water partition coefficient (Wildman–Crippen LogP) is 2.42. The number of carbonyl (C=O) groups is 2. The monoisotopic (exact) mass is 371 g/mol. The average molecular weight is 372 g/mol. The first-order chi connectivity index (χ1) is 12.7. The molecule has 5 nitrogen and oxygen atoms in total. The van der Waals surface area contributed by atoms with Crippen LogP contribution in [0.15, 0.2) is 41.8 Å². The standard InChI is InChI=1S/C20H25N3O2S/c21-14-15-3-5-17(6-4-15)20(25)23-11-8-16(9-12-23)19(24)22-10-7-18-2-1-13-26-18/h1-6,13,16H,7-12,14,21H2,(H,22,24). The number of piperidine rings is 1. The molecule has 1 saturated heterocycles. The molecule has 0 bridgehead atoms. The highest BCUT2D eigenvalue weighted by Crippen LogP contribution is 2.19. The van der Waals surface area contributed by atoms with Crippen LogP contribution in [-0.4, -0.2) is 36.3 Å². The zero-order valence-corrected chi connectivity index (χ0v) is 15.6. The van der Waals surface area contributed by atoms with E-state index < -0.39 is 0 Å². The van der Waals surface area contributed by atoms with E-state index in [1.165, 1.54) is 4.88 Å². The molecule has 0 unspecified atom stereocenters. The van der Waals surface area contributed by atoms with Crippen molar-refractivity contribution in [2.75, 3.05) is 19.6 Å². The molecule has 1 aromatic carbocycles. The van der Waals surface area contributed by atoms with Gasteiger partial charge < -0.3 is 16.0 Å². The van der Waals surface area contributed by atoms with Crippen LogP contribution in [0.3, 0.4) is 0 Å². The fourth-order valence-electron chi connectivity index (χ4n) is 3.22. The molecule has 138 valence electrons. The highest BCUT2D eigenvalue weighted by Gasteiger charge is 2.27. The first kappa shape index (κ1) is 18.6. The number of benzene rings is 1. The van der Waals surface area contributed by atoms with Crippen LogP contribution < -0.4 is 11.1 Å². The van der Waals surface area contributed by atoms with Crippen molar-refractivity contribution in [2.45, 2.75) is 25.8 Å². The van der Waals surface area contributed by atoms with E-state index in [1.807, 2.05) is 40.6 Å². The van der Waals surface area contributed by atoms with E-state index in [4.69, 9.17) is 5.73 Å². The molecule has 0 spiro atoms. The minimum Gasteiger partial charge on any atom is -0.355 e. The van der Waals surface area contributed by atoms with Crippen LogP contribution in [0.1, 0.15) is 33.6 Å². The van der Waals surface area contributed by atoms with Gasteiger partial charge in [0, 0.05) is 42.5 Å². The van der Waals surface area contributed by atoms with E-state index >= 15 is 0 Å². The number of thiophene rings is 1. The fraction of sp³-hybridized carbons (Fsp3) is 0.400. The Morgan fingerprint density at radius 1 is 1.15 bits per heavy atom. The second-order valence-electron chi connectivity index (χ2n) is 6.59. The molecule has 2 heterocycles. The largest absolute Gasteiger partial charge is 0.355 e. The Morgan fingerprint density at radius 2 is 1.88 bits per heavy atom. The summed E-state index contributed by atoms with van der Waals surface area (Å²) in [6, 6.07) is 11.5. The summed E-state index contributed by atoms with van der Waals surface area (Å²) >= 11 is 1.71. The van der Waals surface area contributed by atoms with Gasteiger partial charge in [0.15, 0.2) is 0 Å². The molecule has 6 heteroatoms. The molecular weight excluding hydrogens is 346 g/mol. The van der Waals surface area contributed by atoms with Crippen LogP contribution in [0, 0.1) is 5.92 Å². The lowest BCUT2D eigenvalue weighted by molar-refractivity contribution is -0.126. The normalized spacial score (nSPS) is 15.0. The van der Waals surface area contributed by atoms with Gasteiger partial charge in [-0.2, -0.15) is 0 Å². The number of nitrogens with two attached hydrogens (primary N) is 1. The minimum atomic E-state index is 0.00185. The number of amides is 2. The third-order valence-corrected chi connectivity index (χ3v) is 5.78. The number of nitrogens with zero attached hydrogens (tertiary/aromatic N) is 1. The summed E-state index contributed by atoms with van der Waals surface area (Å²) in [4.78, 5) is 28.0. The lowest BCUT2D eigenvalue weighted by atomic mass is 9.95. The number of rotatable bonds is 6. The van der Waals surface area contributed by atoms with E-state index in [2.05, 4.69) is 11.4 Å². The van der Waals surface area contributed by atoms with Crippen LogP contribution in [0.25, 0.3) is 0 Å². The zero-order chi connectivity index (χ0) is 18.4. The van der Waals surface area contributed by atoms with Crippen molar-refractivity contribution in [2.24, 2.45) is 11.7 Å². The third-order valence-electron chi connectivity index (χ3n) is 4.84. The SMILES string of the molecule is NCc1ccc(C(=O)N2CCC(C(=O)NCCc3cccs3)CC2)cc1. The summed E-state index contributed by atoms with van der Waals surface area (Å²) in [5, 5.41) is 5.08. The van der Waals surface area contributed by atoms with Crippen molar-refractivity contribution in [3.63, 3.8) is 0 Å². The number of hydrogen-bond donors (Lipinski definition) is 2. The summed E-state index contributed by atoms with van der Waals surface area (Å²) < 4.78 is 0. The Labute approximate surface area is 158 Å². The highest BCUT2D eigenvalue weighted by atomic mass is 32.1. The van der Waals surface area contributed by atoms with E-state index in [9.17, 15) is 9.59 Å². The van der Waals surface area contributed by atoms with Crippen LogP contribution >= 0.6 is 11.3 Å². The van der Waals surface area contributed by atoms with Crippen LogP contribution in [0.2, 0.25) is 0 Å². The number of hydrogen-bond acceptors (Lipinski definition) is 4. The maximum atomic E-state index is 12.6. The number of carbonyl (C=O) groups excluding carboxylic acids is 2. The van der Waals surface area contributed by atoms with Gasteiger partial charge in [0.05, 0.1) is 0 Å². The maximum Gasteiger partial charge on any atom is 0.253 e. The van der Waals surface area contributed by atoms with Crippen LogP contribution in [0.5, 0.6) is 0 Å². The van der Waals surface area contributed by atoms with Crippen molar-refractivity contribution in [3.05, 3.63) is 57.8 Å². The molecule has 0 atom stereocenters. The molecule has 1 fully saturated rings. The average Bonchev–Trinajstić information content (AvgIpc) is 3.21. The fourth-order valence-corrected chi connectivity index (χ4v) is 3.93. The Bertz CT molecular complexity index is 720. The van der Waals surface area contributed by atoms with Crippen molar-refractivity contribution >= 4 is 23.2 Å². The first-order valence-electron chi connectivity index (χ1n) is 9.05. The summed E-state index contributed by atoms with van der Waals surface area (Å²) in [7, 11) is 0. The van der Waals surface area contributed by atoms with E-state index in [1.54, 1.807) is 11.3 Å². The first-order valence-corrected chi connectivity index (χ1v) is 9.93. The molecule has 1 aliphatic rings. The Morgan fingerprint density at radius 3 is 2.50 bits per heavy atom. The van der Waals surface area contributed by atoms with Crippen molar-refractivity contribution in [1.82, 2.24) is 10.2 Å². The van der Waals surface area contributed by atoms with E-state index in [-0.39, 0.29) is 17.7 Å². The summed E-state index contributed by atoms with van der Waals surface area (Å²) in [6.07, 6.45) is 2.31. The van der Waals surface area contributed by atoms with Crippen molar-refractivity contribution < 1.29 is 9.59 Å². The van der Waals surface area contributed by atoms with Crippen LogP contribution in [0.4, 0.5) is 0 Å². The van der Waals surface area contributed by atoms with E-state index in [0.29, 0.717) is 31.7 Å². The molecule has 26 heavy (non-hydrogen) atoms. The molecule has 0 aliphatic carbocycles. The summed E-state index contributed by atoms with van der Waals surface area (Å²) in [5.74, 6) is 0.146. The number of nitrogens with one attached hydrogen (secondary N) is 1. The maximum absolute atomic E-state index is 12.6. The van der Waals surface area contributed by atoms with Gasteiger partial charge in [0.25, 0.3) is 5.91 Å². The Hall–Kier alpha value is -2.18. The highest BCUT2D eigenvalue weighted by molar-refractivity contribution is 7.09. The van der Waals surface area contributed by atoms with Crippen molar-refractivity contribution in [1.29, 1.82) is 0 Å². The van der Waals surface area contributed by atoms with Gasteiger partial charge in [-0.3, -0.25) is 9.59 Å². The van der Waals surface area contributed by atoms with Gasteiger partial charge >= 0.3 is 0 Å². The van der Waals surface area contributed by atoms with Gasteiger partial charge in [-0.25, -0.2) is 0 Å². The quantitative estimate of drug-likeness (QED) is 0.819. The second-order valence-corrected chi connectivity index (χ2v) is 7.62. The lowest BCUT2D eigenvalue weighted by Crippen LogP contribution is -2.43. The van der Waals surface area contributed by atoms with Gasteiger partial charge in [0.1, 0.15) is 0 Å². The smallest absolute Gasteiger partial charge is 0.253 e. The molecule has 2 aromatic rings. The van der Waals surface area contributed by atoms with Gasteiger partial charge in [0.2, 0.25) is 5.91 Å². The molecular formula is C20H25N3O2S. The minimum absolute atomic E-state index is 0.00185. The van der Waals surface area contributed by atoms with Gasteiger partial charge in [-0.05, 0) is 48.4 Å². The predicted molar refractivity (Wildman–Crippen MR) is 104 cm³/mol. The zero-order valence-electron chi connectivity index (χ0n) is 14.8. The topological polar surface area (TPSA) is 75.4 Å². The third kappa shape index (κ3) is 4.71. The molecule has 1 aliphatic heterocycles. The Kier molecular flexibility index (Phi) is 6.41. The lowest BCUT2D eigenvalue weighted by Gasteiger charge is -2.31. The van der Waals surface area contributed by atoms with Crippen LogP contribution in [-0.2, 0) is 17.8 Å². The van der Waals surface area contributed by atoms with Crippen molar-refractivity contribution in [3.8, 4) is 0 Å². The molecule has 1 aromatic heterocycles. The summed E-state index contributed by atoms with van der Waals surface area (Å²) in [6.45, 7) is 2.40. The molecule has 2 amide bonds. The van der Waals surface area contributed by atoms with E-state index in [0.717, 1.165) is 24.8 Å². The molecule has 3 N–H and O–H groups in total. The molecule has 3 rings (SSSR count).